The molecule has 0 spiro atoms. The number of hydrogen-bond donors (Lipinski definition) is 0. The fourth-order valence-electron chi connectivity index (χ4n) is 2.04. The summed E-state index contributed by atoms with van der Waals surface area (Å²) in [5, 5.41) is 0. The second-order valence-corrected chi connectivity index (χ2v) is 4.74. The van der Waals surface area contributed by atoms with E-state index in [0.717, 1.165) is 11.3 Å². The smallest absolute Gasteiger partial charge is 0.223 e. The fraction of sp³-hybridized carbons (Fsp3) is 0.375. The van der Waals surface area contributed by atoms with Crippen LogP contribution in [-0.4, -0.2) is 36.1 Å². The minimum atomic E-state index is 0.0975. The lowest BCUT2D eigenvalue weighted by Gasteiger charge is -2.21. The second-order valence-electron chi connectivity index (χ2n) is 4.74. The average molecular weight is 288 g/mol. The molecule has 2 aromatic heterocycles. The molecule has 0 atom stereocenters. The number of ether oxygens (including phenoxy) is 1. The molecule has 0 aliphatic rings. The Bertz CT molecular complexity index is 526. The lowest BCUT2D eigenvalue weighted by molar-refractivity contribution is -0.132. The summed E-state index contributed by atoms with van der Waals surface area (Å²) in [7, 11) is 1.63. The predicted octanol–water partition coefficient (Wildman–Crippen LogP) is 2.28. The van der Waals surface area contributed by atoms with Crippen LogP contribution in [0.4, 0.5) is 0 Å². The van der Waals surface area contributed by atoms with Gasteiger partial charge in [-0.1, -0.05) is 0 Å². The average Bonchev–Trinajstić information content (AvgIpc) is 3.03. The number of nitrogens with zero attached hydrogens (tertiary/aromatic N) is 2. The summed E-state index contributed by atoms with van der Waals surface area (Å²) in [6.07, 6.45) is 6.28. The maximum Gasteiger partial charge on any atom is 0.223 e. The van der Waals surface area contributed by atoms with Crippen molar-refractivity contribution in [1.82, 2.24) is 9.88 Å². The lowest BCUT2D eigenvalue weighted by Crippen LogP contribution is -2.33. The van der Waals surface area contributed by atoms with Crippen LogP contribution in [0.2, 0.25) is 0 Å². The number of furan rings is 1. The van der Waals surface area contributed by atoms with E-state index in [4.69, 9.17) is 9.15 Å². The fourth-order valence-corrected chi connectivity index (χ4v) is 2.04. The quantitative estimate of drug-likeness (QED) is 0.748. The third-order valence-corrected chi connectivity index (χ3v) is 3.22. The minimum Gasteiger partial charge on any atom is -0.467 e. The highest BCUT2D eigenvalue weighted by Crippen LogP contribution is 2.09. The molecule has 0 N–H and O–H groups in total. The van der Waals surface area contributed by atoms with E-state index in [-0.39, 0.29) is 5.91 Å². The monoisotopic (exact) mass is 288 g/mol. The molecule has 0 aliphatic heterocycles. The Morgan fingerprint density at radius 1 is 1.33 bits per heavy atom. The van der Waals surface area contributed by atoms with E-state index >= 15 is 0 Å². The van der Waals surface area contributed by atoms with Gasteiger partial charge in [0.25, 0.3) is 0 Å². The highest BCUT2D eigenvalue weighted by molar-refractivity contribution is 5.76. The molecule has 112 valence electrons. The Labute approximate surface area is 124 Å². The second kappa shape index (κ2) is 8.21. The molecule has 0 saturated heterocycles. The predicted molar refractivity (Wildman–Crippen MR) is 78.6 cm³/mol. The Morgan fingerprint density at radius 3 is 2.81 bits per heavy atom. The van der Waals surface area contributed by atoms with Crippen LogP contribution in [0.5, 0.6) is 0 Å². The minimum absolute atomic E-state index is 0.0975. The van der Waals surface area contributed by atoms with Gasteiger partial charge in [0, 0.05) is 32.5 Å². The summed E-state index contributed by atoms with van der Waals surface area (Å²) >= 11 is 0. The van der Waals surface area contributed by atoms with Gasteiger partial charge < -0.3 is 14.1 Å². The molecule has 5 nitrogen and oxygen atoms in total. The topological polar surface area (TPSA) is 55.6 Å². The largest absolute Gasteiger partial charge is 0.467 e. The molecule has 0 unspecified atom stereocenters. The van der Waals surface area contributed by atoms with Crippen LogP contribution in [0.15, 0.2) is 47.3 Å². The molecule has 0 saturated carbocycles. The van der Waals surface area contributed by atoms with Crippen LogP contribution in [0.1, 0.15) is 17.7 Å². The molecule has 5 heteroatoms. The number of rotatable bonds is 8. The molecule has 0 bridgehead atoms. The van der Waals surface area contributed by atoms with E-state index in [1.165, 1.54) is 0 Å². The first-order chi connectivity index (χ1) is 10.3. The van der Waals surface area contributed by atoms with Crippen molar-refractivity contribution in [3.63, 3.8) is 0 Å². The van der Waals surface area contributed by atoms with Gasteiger partial charge in [0.1, 0.15) is 5.76 Å². The number of methoxy groups -OCH3 is 1. The van der Waals surface area contributed by atoms with Crippen molar-refractivity contribution >= 4 is 5.91 Å². The molecular formula is C16H20N2O3. The van der Waals surface area contributed by atoms with Gasteiger partial charge in [0.2, 0.25) is 5.91 Å². The first kappa shape index (κ1) is 15.3. The normalized spacial score (nSPS) is 10.5. The number of aromatic nitrogens is 1. The first-order valence-electron chi connectivity index (χ1n) is 6.97. The third kappa shape index (κ3) is 5.04. The molecule has 0 radical (unpaired) electrons. The molecule has 0 aliphatic carbocycles. The van der Waals surface area contributed by atoms with E-state index in [2.05, 4.69) is 4.98 Å². The van der Waals surface area contributed by atoms with Crippen molar-refractivity contribution in [3.05, 3.63) is 54.2 Å². The lowest BCUT2D eigenvalue weighted by atomic mass is 10.1. The molecule has 0 fully saturated rings. The van der Waals surface area contributed by atoms with Gasteiger partial charge in [0.15, 0.2) is 0 Å². The van der Waals surface area contributed by atoms with Gasteiger partial charge in [-0.2, -0.15) is 0 Å². The van der Waals surface area contributed by atoms with Gasteiger partial charge in [0.05, 0.1) is 19.4 Å². The molecule has 1 amide bonds. The number of pyridine rings is 1. The first-order valence-corrected chi connectivity index (χ1v) is 6.97. The zero-order valence-corrected chi connectivity index (χ0v) is 12.2. The molecular weight excluding hydrogens is 268 g/mol. The summed E-state index contributed by atoms with van der Waals surface area (Å²) < 4.78 is 10.4. The summed E-state index contributed by atoms with van der Waals surface area (Å²) in [5.74, 6) is 0.878. The van der Waals surface area contributed by atoms with Crippen LogP contribution in [0, 0.1) is 0 Å². The van der Waals surface area contributed by atoms with Gasteiger partial charge in [-0.25, -0.2) is 0 Å². The van der Waals surface area contributed by atoms with Gasteiger partial charge in [-0.3, -0.25) is 9.78 Å². The van der Waals surface area contributed by atoms with Crippen molar-refractivity contribution in [2.24, 2.45) is 0 Å². The van der Waals surface area contributed by atoms with E-state index in [1.54, 1.807) is 30.7 Å². The van der Waals surface area contributed by atoms with Crippen LogP contribution < -0.4 is 0 Å². The molecule has 0 aromatic carbocycles. The zero-order chi connectivity index (χ0) is 14.9. The number of aryl methyl sites for hydroxylation is 1. The van der Waals surface area contributed by atoms with Gasteiger partial charge >= 0.3 is 0 Å². The summed E-state index contributed by atoms with van der Waals surface area (Å²) in [6.45, 7) is 1.56. The maximum absolute atomic E-state index is 12.4. The number of amides is 1. The van der Waals surface area contributed by atoms with E-state index < -0.39 is 0 Å². The van der Waals surface area contributed by atoms with Gasteiger partial charge in [-0.15, -0.1) is 0 Å². The summed E-state index contributed by atoms with van der Waals surface area (Å²) in [4.78, 5) is 18.1. The maximum atomic E-state index is 12.4. The van der Waals surface area contributed by atoms with Crippen molar-refractivity contribution in [2.75, 3.05) is 20.3 Å². The number of carbonyl (C=O) groups excluding carboxylic acids is 1. The van der Waals surface area contributed by atoms with Gasteiger partial charge in [-0.05, 0) is 36.2 Å². The molecule has 2 aromatic rings. The van der Waals surface area contributed by atoms with Crippen molar-refractivity contribution in [2.45, 2.75) is 19.4 Å². The SMILES string of the molecule is COCCN(Cc1ccco1)C(=O)CCc1ccncc1. The number of hydrogen-bond acceptors (Lipinski definition) is 4. The van der Waals surface area contributed by atoms with E-state index in [0.29, 0.717) is 32.5 Å². The Balaban J connectivity index is 1.90. The Hall–Kier alpha value is -2.14. The van der Waals surface area contributed by atoms with Crippen LogP contribution in [0.3, 0.4) is 0 Å². The zero-order valence-electron chi connectivity index (χ0n) is 12.2. The Kier molecular flexibility index (Phi) is 5.97. The summed E-state index contributed by atoms with van der Waals surface area (Å²) in [5.41, 5.74) is 1.11. The molecule has 21 heavy (non-hydrogen) atoms. The molecule has 2 heterocycles. The van der Waals surface area contributed by atoms with Crippen LogP contribution >= 0.6 is 0 Å². The third-order valence-electron chi connectivity index (χ3n) is 3.22. The van der Waals surface area contributed by atoms with Crippen molar-refractivity contribution in [1.29, 1.82) is 0 Å². The van der Waals surface area contributed by atoms with Crippen LogP contribution in [0.25, 0.3) is 0 Å². The highest BCUT2D eigenvalue weighted by atomic mass is 16.5. The van der Waals surface area contributed by atoms with E-state index in [1.807, 2.05) is 24.3 Å². The Morgan fingerprint density at radius 2 is 2.14 bits per heavy atom. The van der Waals surface area contributed by atoms with Crippen molar-refractivity contribution < 1.29 is 13.9 Å². The summed E-state index contributed by atoms with van der Waals surface area (Å²) in [6, 6.07) is 7.56. The standard InChI is InChI=1S/C16H20N2O3/c1-20-12-10-18(13-15-3-2-11-21-15)16(19)5-4-14-6-8-17-9-7-14/h2-3,6-9,11H,4-5,10,12-13H2,1H3. The number of carbonyl (C=O) groups is 1. The highest BCUT2D eigenvalue weighted by Gasteiger charge is 2.15. The molecule has 2 rings (SSSR count). The van der Waals surface area contributed by atoms with Crippen LogP contribution in [-0.2, 0) is 22.5 Å². The van der Waals surface area contributed by atoms with E-state index in [9.17, 15) is 4.79 Å². The van der Waals surface area contributed by atoms with Crippen molar-refractivity contribution in [3.8, 4) is 0 Å².